The molecular formula is C11H14BrN3. The van der Waals surface area contributed by atoms with E-state index in [0.29, 0.717) is 6.54 Å². The van der Waals surface area contributed by atoms with Crippen molar-refractivity contribution < 1.29 is 0 Å². The number of imidazole rings is 1. The normalized spacial score (nSPS) is 11.1. The fourth-order valence-electron chi connectivity index (χ4n) is 1.58. The zero-order chi connectivity index (χ0) is 10.7. The van der Waals surface area contributed by atoms with E-state index in [9.17, 15) is 0 Å². The molecule has 0 amide bonds. The van der Waals surface area contributed by atoms with Crippen molar-refractivity contribution in [3.63, 3.8) is 0 Å². The standard InChI is InChI=1S/C11H14BrN3/c12-7-8-3-4-9-10(6-8)15-11(14-9)2-1-5-13/h3-4,6H,1-2,5,7,13H2,(H,14,15). The van der Waals surface area contributed by atoms with E-state index in [0.717, 1.165) is 35.0 Å². The van der Waals surface area contributed by atoms with Gasteiger partial charge < -0.3 is 10.7 Å². The SMILES string of the molecule is NCCCc1nc2ccc(CBr)cc2[nH]1. The third-order valence-corrected chi connectivity index (χ3v) is 3.01. The summed E-state index contributed by atoms with van der Waals surface area (Å²) in [4.78, 5) is 7.82. The summed E-state index contributed by atoms with van der Waals surface area (Å²) in [5, 5.41) is 0.875. The van der Waals surface area contributed by atoms with Crippen LogP contribution in [0.5, 0.6) is 0 Å². The smallest absolute Gasteiger partial charge is 0.107 e. The zero-order valence-corrected chi connectivity index (χ0v) is 10.0. The van der Waals surface area contributed by atoms with Gasteiger partial charge in [0.15, 0.2) is 0 Å². The van der Waals surface area contributed by atoms with Gasteiger partial charge >= 0.3 is 0 Å². The summed E-state index contributed by atoms with van der Waals surface area (Å²) in [6, 6.07) is 6.27. The Morgan fingerprint density at radius 3 is 3.00 bits per heavy atom. The first-order valence-electron chi connectivity index (χ1n) is 5.07. The van der Waals surface area contributed by atoms with Crippen LogP contribution in [-0.4, -0.2) is 16.5 Å². The average molecular weight is 268 g/mol. The van der Waals surface area contributed by atoms with Crippen molar-refractivity contribution in [2.45, 2.75) is 18.2 Å². The van der Waals surface area contributed by atoms with Crippen LogP contribution in [0.25, 0.3) is 11.0 Å². The van der Waals surface area contributed by atoms with Gasteiger partial charge in [-0.3, -0.25) is 0 Å². The van der Waals surface area contributed by atoms with Gasteiger partial charge in [0.1, 0.15) is 5.82 Å². The average Bonchev–Trinajstić information content (AvgIpc) is 2.67. The molecule has 0 bridgehead atoms. The monoisotopic (exact) mass is 267 g/mol. The maximum atomic E-state index is 5.47. The fraction of sp³-hybridized carbons (Fsp3) is 0.364. The second-order valence-electron chi connectivity index (χ2n) is 3.56. The van der Waals surface area contributed by atoms with Crippen molar-refractivity contribution in [3.8, 4) is 0 Å². The summed E-state index contributed by atoms with van der Waals surface area (Å²) < 4.78 is 0. The van der Waals surface area contributed by atoms with Crippen LogP contribution in [0.2, 0.25) is 0 Å². The lowest BCUT2D eigenvalue weighted by Crippen LogP contribution is -2.01. The number of halogens is 1. The number of alkyl halides is 1. The Morgan fingerprint density at radius 1 is 1.40 bits per heavy atom. The van der Waals surface area contributed by atoms with Crippen LogP contribution in [-0.2, 0) is 11.8 Å². The zero-order valence-electron chi connectivity index (χ0n) is 8.46. The lowest BCUT2D eigenvalue weighted by Gasteiger charge is -1.93. The van der Waals surface area contributed by atoms with Gasteiger partial charge in [0.25, 0.3) is 0 Å². The molecule has 0 aliphatic carbocycles. The number of aryl methyl sites for hydroxylation is 1. The molecule has 1 aromatic carbocycles. The number of nitrogens with one attached hydrogen (secondary N) is 1. The molecular weight excluding hydrogens is 254 g/mol. The third kappa shape index (κ3) is 2.38. The van der Waals surface area contributed by atoms with Crippen molar-refractivity contribution in [2.75, 3.05) is 6.54 Å². The fourth-order valence-corrected chi connectivity index (χ4v) is 1.93. The Bertz CT molecular complexity index is 450. The maximum absolute atomic E-state index is 5.47. The molecule has 15 heavy (non-hydrogen) atoms. The van der Waals surface area contributed by atoms with Gasteiger partial charge in [-0.15, -0.1) is 0 Å². The van der Waals surface area contributed by atoms with Gasteiger partial charge in [-0.2, -0.15) is 0 Å². The molecule has 0 saturated carbocycles. The van der Waals surface area contributed by atoms with Gasteiger partial charge in [0.05, 0.1) is 11.0 Å². The van der Waals surface area contributed by atoms with E-state index in [1.54, 1.807) is 0 Å². The van der Waals surface area contributed by atoms with Crippen molar-refractivity contribution in [1.82, 2.24) is 9.97 Å². The molecule has 2 aromatic rings. The van der Waals surface area contributed by atoms with Crippen LogP contribution < -0.4 is 5.73 Å². The van der Waals surface area contributed by atoms with E-state index in [-0.39, 0.29) is 0 Å². The van der Waals surface area contributed by atoms with E-state index >= 15 is 0 Å². The quantitative estimate of drug-likeness (QED) is 0.836. The van der Waals surface area contributed by atoms with Crippen LogP contribution in [0, 0.1) is 0 Å². The Morgan fingerprint density at radius 2 is 2.27 bits per heavy atom. The topological polar surface area (TPSA) is 54.7 Å². The van der Waals surface area contributed by atoms with E-state index in [1.165, 1.54) is 5.56 Å². The van der Waals surface area contributed by atoms with Crippen LogP contribution in [0.3, 0.4) is 0 Å². The molecule has 0 saturated heterocycles. The van der Waals surface area contributed by atoms with Gasteiger partial charge in [-0.25, -0.2) is 4.98 Å². The van der Waals surface area contributed by atoms with E-state index < -0.39 is 0 Å². The Labute approximate surface area is 97.2 Å². The largest absolute Gasteiger partial charge is 0.342 e. The molecule has 3 nitrogen and oxygen atoms in total. The molecule has 0 aliphatic heterocycles. The molecule has 80 valence electrons. The van der Waals surface area contributed by atoms with Gasteiger partial charge in [0, 0.05) is 11.8 Å². The Balaban J connectivity index is 2.29. The number of hydrogen-bond acceptors (Lipinski definition) is 2. The summed E-state index contributed by atoms with van der Waals surface area (Å²) in [6.07, 6.45) is 1.90. The summed E-state index contributed by atoms with van der Waals surface area (Å²) in [6.45, 7) is 0.712. The van der Waals surface area contributed by atoms with Gasteiger partial charge in [-0.1, -0.05) is 22.0 Å². The second kappa shape index (κ2) is 4.77. The third-order valence-electron chi connectivity index (χ3n) is 2.37. The summed E-state index contributed by atoms with van der Waals surface area (Å²) >= 11 is 3.44. The minimum atomic E-state index is 0.712. The minimum absolute atomic E-state index is 0.712. The molecule has 0 atom stereocenters. The van der Waals surface area contributed by atoms with E-state index in [4.69, 9.17) is 5.73 Å². The predicted octanol–water partition coefficient (Wildman–Crippen LogP) is 2.35. The molecule has 0 fully saturated rings. The molecule has 4 heteroatoms. The number of nitrogens with zero attached hydrogens (tertiary/aromatic N) is 1. The van der Waals surface area contributed by atoms with Crippen LogP contribution in [0.4, 0.5) is 0 Å². The van der Waals surface area contributed by atoms with Crippen molar-refractivity contribution in [1.29, 1.82) is 0 Å². The lowest BCUT2D eigenvalue weighted by molar-refractivity contribution is 0.796. The molecule has 0 spiro atoms. The number of benzene rings is 1. The number of fused-ring (bicyclic) bond motifs is 1. The lowest BCUT2D eigenvalue weighted by atomic mass is 10.2. The van der Waals surface area contributed by atoms with Crippen LogP contribution in [0.1, 0.15) is 17.8 Å². The highest BCUT2D eigenvalue weighted by Crippen LogP contribution is 2.16. The molecule has 2 rings (SSSR count). The first kappa shape index (κ1) is 10.6. The second-order valence-corrected chi connectivity index (χ2v) is 4.12. The molecule has 1 heterocycles. The Kier molecular flexibility index (Phi) is 3.38. The Hall–Kier alpha value is -0.870. The number of rotatable bonds is 4. The van der Waals surface area contributed by atoms with Crippen molar-refractivity contribution in [3.05, 3.63) is 29.6 Å². The number of hydrogen-bond donors (Lipinski definition) is 2. The van der Waals surface area contributed by atoms with E-state index in [1.807, 2.05) is 6.07 Å². The molecule has 0 aliphatic rings. The predicted molar refractivity (Wildman–Crippen MR) is 66.1 cm³/mol. The minimum Gasteiger partial charge on any atom is -0.342 e. The number of H-pyrrole nitrogens is 1. The molecule has 3 N–H and O–H groups in total. The van der Waals surface area contributed by atoms with Crippen LogP contribution in [0.15, 0.2) is 18.2 Å². The number of nitrogens with two attached hydrogens (primary N) is 1. The first-order chi connectivity index (χ1) is 7.33. The maximum Gasteiger partial charge on any atom is 0.107 e. The van der Waals surface area contributed by atoms with Crippen molar-refractivity contribution in [2.24, 2.45) is 5.73 Å². The highest BCUT2D eigenvalue weighted by atomic mass is 79.9. The highest BCUT2D eigenvalue weighted by Gasteiger charge is 2.02. The van der Waals surface area contributed by atoms with Gasteiger partial charge in [-0.05, 0) is 30.7 Å². The van der Waals surface area contributed by atoms with Gasteiger partial charge in [0.2, 0.25) is 0 Å². The molecule has 1 aromatic heterocycles. The first-order valence-corrected chi connectivity index (χ1v) is 6.19. The number of aromatic amines is 1. The van der Waals surface area contributed by atoms with Crippen molar-refractivity contribution >= 4 is 27.0 Å². The highest BCUT2D eigenvalue weighted by molar-refractivity contribution is 9.08. The summed E-state index contributed by atoms with van der Waals surface area (Å²) in [5.41, 5.74) is 8.87. The number of aromatic nitrogens is 2. The summed E-state index contributed by atoms with van der Waals surface area (Å²) in [5.74, 6) is 1.03. The van der Waals surface area contributed by atoms with E-state index in [2.05, 4.69) is 38.0 Å². The van der Waals surface area contributed by atoms with Crippen LogP contribution >= 0.6 is 15.9 Å². The molecule has 0 radical (unpaired) electrons. The molecule has 0 unspecified atom stereocenters. The summed E-state index contributed by atoms with van der Waals surface area (Å²) in [7, 11) is 0.